The van der Waals surface area contributed by atoms with Gasteiger partial charge in [0.2, 0.25) is 5.82 Å². The van der Waals surface area contributed by atoms with Crippen molar-refractivity contribution in [1.82, 2.24) is 20.1 Å². The van der Waals surface area contributed by atoms with E-state index in [0.717, 1.165) is 18.7 Å². The largest absolute Gasteiger partial charge is 0.338 e. The molecular formula is C11H17N5O. The molecule has 1 unspecified atom stereocenters. The van der Waals surface area contributed by atoms with Gasteiger partial charge in [0.05, 0.1) is 12.0 Å². The van der Waals surface area contributed by atoms with Crippen molar-refractivity contribution in [2.75, 3.05) is 13.6 Å². The highest BCUT2D eigenvalue weighted by atomic mass is 16.2. The molecule has 0 saturated heterocycles. The molecule has 0 aromatic carbocycles. The molecule has 0 bridgehead atoms. The normalized spacial score (nSPS) is 11.9. The van der Waals surface area contributed by atoms with Crippen LogP contribution in [0, 0.1) is 17.2 Å². The van der Waals surface area contributed by atoms with Crippen molar-refractivity contribution in [3.63, 3.8) is 0 Å². The molecular weight excluding hydrogens is 218 g/mol. The molecule has 0 aliphatic carbocycles. The van der Waals surface area contributed by atoms with Crippen molar-refractivity contribution in [1.29, 1.82) is 5.26 Å². The summed E-state index contributed by atoms with van der Waals surface area (Å²) in [6.45, 7) is 4.18. The minimum absolute atomic E-state index is 0.168. The first kappa shape index (κ1) is 13.2. The van der Waals surface area contributed by atoms with E-state index in [0.29, 0.717) is 6.54 Å². The van der Waals surface area contributed by atoms with E-state index in [9.17, 15) is 4.79 Å². The van der Waals surface area contributed by atoms with Crippen molar-refractivity contribution in [3.05, 3.63) is 11.6 Å². The Morgan fingerprint density at radius 2 is 2.35 bits per heavy atom. The SMILES string of the molecule is CCCc1nc(C(=O)N(C)CC(C)C#N)n[nH]1. The average molecular weight is 235 g/mol. The maximum Gasteiger partial charge on any atom is 0.293 e. The third-order valence-electron chi connectivity index (χ3n) is 2.32. The predicted octanol–water partition coefficient (Wildman–Crippen LogP) is 0.989. The van der Waals surface area contributed by atoms with Crippen LogP contribution in [-0.2, 0) is 6.42 Å². The summed E-state index contributed by atoms with van der Waals surface area (Å²) in [5.41, 5.74) is 0. The van der Waals surface area contributed by atoms with Crippen LogP contribution in [0.25, 0.3) is 0 Å². The Balaban J connectivity index is 2.65. The number of nitrogens with one attached hydrogen (secondary N) is 1. The smallest absolute Gasteiger partial charge is 0.293 e. The molecule has 0 aliphatic rings. The van der Waals surface area contributed by atoms with Gasteiger partial charge in [-0.05, 0) is 13.3 Å². The summed E-state index contributed by atoms with van der Waals surface area (Å²) in [5, 5.41) is 15.3. The molecule has 0 saturated carbocycles. The first-order chi connectivity index (χ1) is 8.08. The van der Waals surface area contributed by atoms with Gasteiger partial charge in [-0.15, -0.1) is 5.10 Å². The lowest BCUT2D eigenvalue weighted by Gasteiger charge is -2.15. The third kappa shape index (κ3) is 3.55. The van der Waals surface area contributed by atoms with Crippen molar-refractivity contribution in [2.45, 2.75) is 26.7 Å². The van der Waals surface area contributed by atoms with Crippen LogP contribution in [0.2, 0.25) is 0 Å². The van der Waals surface area contributed by atoms with Crippen LogP contribution in [-0.4, -0.2) is 39.6 Å². The number of H-pyrrole nitrogens is 1. The zero-order valence-corrected chi connectivity index (χ0v) is 10.4. The second kappa shape index (κ2) is 5.99. The number of hydrogen-bond acceptors (Lipinski definition) is 4. The number of rotatable bonds is 5. The van der Waals surface area contributed by atoms with Gasteiger partial charge in [0.25, 0.3) is 5.91 Å². The molecule has 0 fully saturated rings. The molecule has 0 radical (unpaired) electrons. The van der Waals surface area contributed by atoms with E-state index < -0.39 is 0 Å². The Morgan fingerprint density at radius 1 is 1.65 bits per heavy atom. The van der Waals surface area contributed by atoms with Crippen LogP contribution >= 0.6 is 0 Å². The molecule has 0 aliphatic heterocycles. The molecule has 92 valence electrons. The van der Waals surface area contributed by atoms with E-state index in [2.05, 4.69) is 21.3 Å². The van der Waals surface area contributed by atoms with E-state index in [-0.39, 0.29) is 17.6 Å². The number of nitriles is 1. The molecule has 1 rings (SSSR count). The topological polar surface area (TPSA) is 85.7 Å². The molecule has 0 spiro atoms. The van der Waals surface area contributed by atoms with Crippen molar-refractivity contribution < 1.29 is 4.79 Å². The van der Waals surface area contributed by atoms with E-state index in [1.54, 1.807) is 14.0 Å². The summed E-state index contributed by atoms with van der Waals surface area (Å²) in [7, 11) is 1.64. The zero-order chi connectivity index (χ0) is 12.8. The summed E-state index contributed by atoms with van der Waals surface area (Å²) in [6, 6.07) is 2.09. The number of aromatic nitrogens is 3. The highest BCUT2D eigenvalue weighted by Gasteiger charge is 2.18. The number of aryl methyl sites for hydroxylation is 1. The number of hydrogen-bond donors (Lipinski definition) is 1. The number of nitrogens with zero attached hydrogens (tertiary/aromatic N) is 4. The molecule has 1 amide bonds. The maximum atomic E-state index is 11.9. The lowest BCUT2D eigenvalue weighted by Crippen LogP contribution is -2.31. The fourth-order valence-corrected chi connectivity index (χ4v) is 1.44. The van der Waals surface area contributed by atoms with Gasteiger partial charge in [-0.2, -0.15) is 5.26 Å². The first-order valence-corrected chi connectivity index (χ1v) is 5.64. The van der Waals surface area contributed by atoms with E-state index >= 15 is 0 Å². The second-order valence-electron chi connectivity index (χ2n) is 4.07. The first-order valence-electron chi connectivity index (χ1n) is 5.64. The van der Waals surface area contributed by atoms with Crippen LogP contribution in [0.15, 0.2) is 0 Å². The van der Waals surface area contributed by atoms with E-state index in [4.69, 9.17) is 5.26 Å². The average Bonchev–Trinajstić information content (AvgIpc) is 2.76. The van der Waals surface area contributed by atoms with Crippen LogP contribution in [0.4, 0.5) is 0 Å². The van der Waals surface area contributed by atoms with Gasteiger partial charge in [-0.25, -0.2) is 4.98 Å². The number of amides is 1. The highest BCUT2D eigenvalue weighted by molar-refractivity contribution is 5.90. The molecule has 1 N–H and O–H groups in total. The molecule has 6 nitrogen and oxygen atoms in total. The number of aromatic amines is 1. The lowest BCUT2D eigenvalue weighted by atomic mass is 10.2. The van der Waals surface area contributed by atoms with Crippen molar-refractivity contribution in [3.8, 4) is 6.07 Å². The van der Waals surface area contributed by atoms with Gasteiger partial charge >= 0.3 is 0 Å². The van der Waals surface area contributed by atoms with E-state index in [1.807, 2.05) is 6.92 Å². The maximum absolute atomic E-state index is 11.9. The Morgan fingerprint density at radius 3 is 2.94 bits per heavy atom. The Labute approximate surface area is 101 Å². The standard InChI is InChI=1S/C11H17N5O/c1-4-5-9-13-10(15-14-9)11(17)16(3)7-8(2)6-12/h8H,4-5,7H2,1-3H3,(H,13,14,15). The Kier molecular flexibility index (Phi) is 4.64. The molecule has 1 aromatic rings. The van der Waals surface area contributed by atoms with Gasteiger partial charge in [-0.1, -0.05) is 6.92 Å². The predicted molar refractivity (Wildman–Crippen MR) is 62.1 cm³/mol. The number of carbonyl (C=O) groups excluding carboxylic acids is 1. The van der Waals surface area contributed by atoms with Gasteiger partial charge in [0, 0.05) is 20.0 Å². The summed E-state index contributed by atoms with van der Waals surface area (Å²) >= 11 is 0. The van der Waals surface area contributed by atoms with Gasteiger partial charge in [0.1, 0.15) is 5.82 Å². The quantitative estimate of drug-likeness (QED) is 0.824. The zero-order valence-electron chi connectivity index (χ0n) is 10.4. The molecule has 1 heterocycles. The fourth-order valence-electron chi connectivity index (χ4n) is 1.44. The van der Waals surface area contributed by atoms with E-state index in [1.165, 1.54) is 4.90 Å². The summed E-state index contributed by atoms with van der Waals surface area (Å²) in [4.78, 5) is 17.5. The van der Waals surface area contributed by atoms with Crippen molar-refractivity contribution in [2.24, 2.45) is 5.92 Å². The lowest BCUT2D eigenvalue weighted by molar-refractivity contribution is 0.0773. The third-order valence-corrected chi connectivity index (χ3v) is 2.32. The van der Waals surface area contributed by atoms with Crippen molar-refractivity contribution >= 4 is 5.91 Å². The second-order valence-corrected chi connectivity index (χ2v) is 4.07. The Bertz CT molecular complexity index is 420. The molecule has 6 heteroatoms. The van der Waals surface area contributed by atoms with Crippen LogP contribution in [0.1, 0.15) is 36.7 Å². The fraction of sp³-hybridized carbons (Fsp3) is 0.636. The highest BCUT2D eigenvalue weighted by Crippen LogP contribution is 2.03. The Hall–Kier alpha value is -1.90. The minimum atomic E-state index is -0.259. The van der Waals surface area contributed by atoms with Crippen LogP contribution in [0.3, 0.4) is 0 Å². The summed E-state index contributed by atoms with van der Waals surface area (Å²) in [6.07, 6.45) is 1.72. The summed E-state index contributed by atoms with van der Waals surface area (Å²) < 4.78 is 0. The van der Waals surface area contributed by atoms with Gasteiger partial charge in [0.15, 0.2) is 0 Å². The molecule has 17 heavy (non-hydrogen) atoms. The minimum Gasteiger partial charge on any atom is -0.338 e. The number of carbonyl (C=O) groups is 1. The molecule has 1 atom stereocenters. The van der Waals surface area contributed by atoms with Gasteiger partial charge < -0.3 is 4.90 Å². The van der Waals surface area contributed by atoms with Gasteiger partial charge in [-0.3, -0.25) is 9.89 Å². The summed E-state index contributed by atoms with van der Waals surface area (Å²) in [5.74, 6) is 0.433. The van der Waals surface area contributed by atoms with Crippen LogP contribution < -0.4 is 0 Å². The molecule has 1 aromatic heterocycles. The van der Waals surface area contributed by atoms with Crippen LogP contribution in [0.5, 0.6) is 0 Å². The monoisotopic (exact) mass is 235 g/mol.